The zero-order chi connectivity index (χ0) is 17.9. The SMILES string of the molecule is CCCCCC1(CCCCC)C2=C(C=CC(C)C2)c2ccc(Br)cc21. The van der Waals surface area contributed by atoms with Gasteiger partial charge >= 0.3 is 0 Å². The molecule has 136 valence electrons. The van der Waals surface area contributed by atoms with Crippen molar-refractivity contribution in [2.75, 3.05) is 0 Å². The minimum absolute atomic E-state index is 0.289. The standard InChI is InChI=1S/C24H33Br/c1-4-6-8-14-24(15-9-7-5-2)22-16-18(3)10-12-20(22)21-13-11-19(25)17-23(21)24/h10-13,17-18H,4-9,14-16H2,1-3H3. The Morgan fingerprint density at radius 2 is 1.72 bits per heavy atom. The predicted octanol–water partition coefficient (Wildman–Crippen LogP) is 8.21. The zero-order valence-corrected chi connectivity index (χ0v) is 17.8. The van der Waals surface area contributed by atoms with Crippen LogP contribution in [0.15, 0.2) is 40.4 Å². The summed E-state index contributed by atoms with van der Waals surface area (Å²) in [6.45, 7) is 7.01. The molecule has 0 spiro atoms. The Morgan fingerprint density at radius 1 is 1.04 bits per heavy atom. The van der Waals surface area contributed by atoms with Gasteiger partial charge < -0.3 is 0 Å². The Balaban J connectivity index is 2.06. The van der Waals surface area contributed by atoms with Crippen LogP contribution in [-0.2, 0) is 5.41 Å². The van der Waals surface area contributed by atoms with Crippen molar-refractivity contribution in [2.45, 2.75) is 84.0 Å². The van der Waals surface area contributed by atoms with Gasteiger partial charge in [-0.3, -0.25) is 0 Å². The summed E-state index contributed by atoms with van der Waals surface area (Å²) in [5.41, 5.74) is 6.71. The Hall–Kier alpha value is -0.820. The van der Waals surface area contributed by atoms with Crippen molar-refractivity contribution >= 4 is 21.5 Å². The van der Waals surface area contributed by atoms with Crippen molar-refractivity contribution in [3.8, 4) is 0 Å². The summed E-state index contributed by atoms with van der Waals surface area (Å²) in [7, 11) is 0. The van der Waals surface area contributed by atoms with E-state index in [9.17, 15) is 0 Å². The third-order valence-corrected chi connectivity index (χ3v) is 6.72. The lowest BCUT2D eigenvalue weighted by atomic mass is 9.67. The second-order valence-electron chi connectivity index (χ2n) is 8.12. The van der Waals surface area contributed by atoms with Crippen molar-refractivity contribution < 1.29 is 0 Å². The fourth-order valence-corrected chi connectivity index (χ4v) is 5.29. The van der Waals surface area contributed by atoms with Crippen molar-refractivity contribution in [1.29, 1.82) is 0 Å². The monoisotopic (exact) mass is 400 g/mol. The fraction of sp³-hybridized carbons (Fsp3) is 0.583. The first-order chi connectivity index (χ1) is 12.1. The highest BCUT2D eigenvalue weighted by atomic mass is 79.9. The van der Waals surface area contributed by atoms with Crippen LogP contribution in [0.2, 0.25) is 0 Å². The maximum atomic E-state index is 3.75. The first-order valence-electron chi connectivity index (χ1n) is 10.3. The maximum absolute atomic E-state index is 3.75. The van der Waals surface area contributed by atoms with E-state index in [2.05, 4.69) is 67.1 Å². The highest BCUT2D eigenvalue weighted by molar-refractivity contribution is 9.10. The van der Waals surface area contributed by atoms with Crippen molar-refractivity contribution in [3.05, 3.63) is 51.5 Å². The molecule has 3 rings (SSSR count). The third-order valence-electron chi connectivity index (χ3n) is 6.22. The summed E-state index contributed by atoms with van der Waals surface area (Å²) >= 11 is 3.75. The number of fused-ring (bicyclic) bond motifs is 2. The molecule has 1 atom stereocenters. The highest BCUT2D eigenvalue weighted by Gasteiger charge is 2.44. The Morgan fingerprint density at radius 3 is 2.36 bits per heavy atom. The van der Waals surface area contributed by atoms with E-state index < -0.39 is 0 Å². The van der Waals surface area contributed by atoms with E-state index in [1.807, 2.05) is 0 Å². The molecular weight excluding hydrogens is 368 g/mol. The predicted molar refractivity (Wildman–Crippen MR) is 114 cm³/mol. The molecule has 0 saturated heterocycles. The summed E-state index contributed by atoms with van der Waals surface area (Å²) in [6, 6.07) is 7.02. The molecule has 1 aromatic rings. The Bertz CT molecular complexity index is 655. The number of benzene rings is 1. The van der Waals surface area contributed by atoms with Crippen LogP contribution in [0.25, 0.3) is 5.57 Å². The average Bonchev–Trinajstić information content (AvgIpc) is 2.85. The molecule has 25 heavy (non-hydrogen) atoms. The largest absolute Gasteiger partial charge is 0.0808 e. The van der Waals surface area contributed by atoms with Crippen molar-refractivity contribution in [3.63, 3.8) is 0 Å². The van der Waals surface area contributed by atoms with Crippen LogP contribution in [0, 0.1) is 5.92 Å². The van der Waals surface area contributed by atoms with E-state index in [1.165, 1.54) is 67.8 Å². The van der Waals surface area contributed by atoms with Gasteiger partial charge in [0.05, 0.1) is 0 Å². The van der Waals surface area contributed by atoms with Crippen LogP contribution in [-0.4, -0.2) is 0 Å². The number of halogens is 1. The molecule has 0 bridgehead atoms. The fourth-order valence-electron chi connectivity index (χ4n) is 4.93. The minimum atomic E-state index is 0.289. The smallest absolute Gasteiger partial charge is 0.0178 e. The number of hydrogen-bond acceptors (Lipinski definition) is 0. The molecule has 0 fully saturated rings. The number of unbranched alkanes of at least 4 members (excludes halogenated alkanes) is 4. The zero-order valence-electron chi connectivity index (χ0n) is 16.2. The van der Waals surface area contributed by atoms with Crippen LogP contribution < -0.4 is 0 Å². The van der Waals surface area contributed by atoms with E-state index in [4.69, 9.17) is 0 Å². The number of allylic oxidation sites excluding steroid dienone is 4. The van der Waals surface area contributed by atoms with E-state index in [1.54, 1.807) is 16.7 Å². The molecule has 1 heteroatoms. The summed E-state index contributed by atoms with van der Waals surface area (Å²) < 4.78 is 1.23. The minimum Gasteiger partial charge on any atom is -0.0808 e. The molecule has 0 saturated carbocycles. The summed E-state index contributed by atoms with van der Waals surface area (Å²) in [5.74, 6) is 0.674. The number of hydrogen-bond donors (Lipinski definition) is 0. The van der Waals surface area contributed by atoms with Gasteiger partial charge in [0.25, 0.3) is 0 Å². The van der Waals surface area contributed by atoms with Gasteiger partial charge in [-0.1, -0.05) is 99.0 Å². The van der Waals surface area contributed by atoms with Gasteiger partial charge in [0.1, 0.15) is 0 Å². The molecule has 0 aliphatic heterocycles. The lowest BCUT2D eigenvalue weighted by molar-refractivity contribution is 0.379. The second kappa shape index (κ2) is 8.25. The van der Waals surface area contributed by atoms with E-state index in [0.717, 1.165) is 0 Å². The molecule has 0 radical (unpaired) electrons. The molecule has 0 aromatic heterocycles. The van der Waals surface area contributed by atoms with Crippen molar-refractivity contribution in [1.82, 2.24) is 0 Å². The summed E-state index contributed by atoms with van der Waals surface area (Å²) in [5, 5.41) is 0. The first-order valence-corrected chi connectivity index (χ1v) is 11.1. The quantitative estimate of drug-likeness (QED) is 0.385. The Kier molecular flexibility index (Phi) is 6.25. The normalized spacial score (nSPS) is 20.7. The molecule has 2 aliphatic rings. The molecule has 1 aromatic carbocycles. The first kappa shape index (κ1) is 19.0. The lowest BCUT2D eigenvalue weighted by Crippen LogP contribution is -2.28. The molecule has 0 N–H and O–H groups in total. The van der Waals surface area contributed by atoms with E-state index >= 15 is 0 Å². The van der Waals surface area contributed by atoms with Crippen LogP contribution >= 0.6 is 15.9 Å². The van der Waals surface area contributed by atoms with Crippen LogP contribution in [0.5, 0.6) is 0 Å². The Labute approximate surface area is 162 Å². The highest BCUT2D eigenvalue weighted by Crippen LogP contribution is 2.56. The van der Waals surface area contributed by atoms with Crippen molar-refractivity contribution in [2.24, 2.45) is 5.92 Å². The number of rotatable bonds is 8. The maximum Gasteiger partial charge on any atom is 0.0178 e. The van der Waals surface area contributed by atoms with Gasteiger partial charge in [0.2, 0.25) is 0 Å². The summed E-state index contributed by atoms with van der Waals surface area (Å²) in [4.78, 5) is 0. The van der Waals surface area contributed by atoms with Crippen LogP contribution in [0.4, 0.5) is 0 Å². The van der Waals surface area contributed by atoms with Gasteiger partial charge in [0.15, 0.2) is 0 Å². The van der Waals surface area contributed by atoms with Gasteiger partial charge in [0, 0.05) is 9.89 Å². The van der Waals surface area contributed by atoms with E-state index in [-0.39, 0.29) is 5.41 Å². The molecule has 2 aliphatic carbocycles. The van der Waals surface area contributed by atoms with Crippen LogP contribution in [0.3, 0.4) is 0 Å². The summed E-state index contributed by atoms with van der Waals surface area (Å²) in [6.07, 6.45) is 16.8. The molecular formula is C24H33Br. The average molecular weight is 401 g/mol. The van der Waals surface area contributed by atoms with E-state index in [0.29, 0.717) is 5.92 Å². The van der Waals surface area contributed by atoms with Gasteiger partial charge in [-0.15, -0.1) is 0 Å². The molecule has 0 heterocycles. The lowest BCUT2D eigenvalue weighted by Gasteiger charge is -2.36. The topological polar surface area (TPSA) is 0 Å². The second-order valence-corrected chi connectivity index (χ2v) is 9.03. The molecule has 0 amide bonds. The molecule has 1 unspecified atom stereocenters. The van der Waals surface area contributed by atoms with Gasteiger partial charge in [-0.05, 0) is 54.0 Å². The third kappa shape index (κ3) is 3.68. The van der Waals surface area contributed by atoms with Gasteiger partial charge in [-0.25, -0.2) is 0 Å². The molecule has 0 nitrogen and oxygen atoms in total. The van der Waals surface area contributed by atoms with Crippen LogP contribution in [0.1, 0.15) is 89.7 Å². The van der Waals surface area contributed by atoms with Gasteiger partial charge in [-0.2, -0.15) is 0 Å².